The second kappa shape index (κ2) is 10.00. The third-order valence-electron chi connectivity index (χ3n) is 7.82. The van der Waals surface area contributed by atoms with E-state index in [2.05, 4.69) is 10.3 Å². The second-order valence-corrected chi connectivity index (χ2v) is 12.5. The molecule has 38 heavy (non-hydrogen) atoms. The Hall–Kier alpha value is -2.92. The Kier molecular flexibility index (Phi) is 7.02. The molecule has 2 aliphatic rings. The number of amides is 1. The van der Waals surface area contributed by atoms with E-state index >= 15 is 0 Å². The maximum atomic E-state index is 13.7. The van der Waals surface area contributed by atoms with Gasteiger partial charge in [0, 0.05) is 35.3 Å². The zero-order valence-corrected chi connectivity index (χ0v) is 21.6. The minimum absolute atomic E-state index is 0.00331. The summed E-state index contributed by atoms with van der Waals surface area (Å²) in [6, 6.07) is 10.0. The van der Waals surface area contributed by atoms with Crippen LogP contribution < -0.4 is 5.32 Å². The SMILES string of the molecule is O=C(Nc1ccc(F)c(F)c1)c1ccc(Cl)c(S(=O)(=O)C2CC3CC[C@@H](C2)C3(O)C(O)c2cccnc2)c1. The highest BCUT2D eigenvalue weighted by atomic mass is 35.5. The number of carbonyl (C=O) groups excluding carboxylic acids is 1. The largest absolute Gasteiger partial charge is 0.386 e. The predicted molar refractivity (Wildman–Crippen MR) is 136 cm³/mol. The summed E-state index contributed by atoms with van der Waals surface area (Å²) in [5.74, 6) is -3.85. The van der Waals surface area contributed by atoms with Crippen LogP contribution in [0.4, 0.5) is 14.5 Å². The third kappa shape index (κ3) is 4.59. The van der Waals surface area contributed by atoms with Crippen molar-refractivity contribution in [3.05, 3.63) is 88.7 Å². The number of aromatic nitrogens is 1. The van der Waals surface area contributed by atoms with Crippen LogP contribution in [0.25, 0.3) is 0 Å². The van der Waals surface area contributed by atoms with Crippen LogP contribution in [-0.2, 0) is 9.84 Å². The van der Waals surface area contributed by atoms with E-state index in [4.69, 9.17) is 11.6 Å². The molecule has 5 atom stereocenters. The average molecular weight is 563 g/mol. The van der Waals surface area contributed by atoms with Crippen LogP contribution in [-0.4, -0.2) is 40.4 Å². The van der Waals surface area contributed by atoms with Gasteiger partial charge < -0.3 is 15.5 Å². The van der Waals surface area contributed by atoms with Crippen LogP contribution in [0.15, 0.2) is 65.8 Å². The maximum Gasteiger partial charge on any atom is 0.255 e. The number of fused-ring (bicyclic) bond motifs is 2. The lowest BCUT2D eigenvalue weighted by molar-refractivity contribution is -0.144. The number of sulfone groups is 1. The van der Waals surface area contributed by atoms with Crippen LogP contribution in [0, 0.1) is 23.5 Å². The van der Waals surface area contributed by atoms with Gasteiger partial charge in [-0.15, -0.1) is 0 Å². The Balaban J connectivity index is 1.39. The highest BCUT2D eigenvalue weighted by molar-refractivity contribution is 7.92. The molecule has 2 bridgehead atoms. The molecule has 4 unspecified atom stereocenters. The summed E-state index contributed by atoms with van der Waals surface area (Å²) in [5, 5.41) is 24.1. The fourth-order valence-corrected chi connectivity index (χ4v) is 8.27. The molecule has 2 fully saturated rings. The number of hydrogen-bond acceptors (Lipinski definition) is 6. The van der Waals surface area contributed by atoms with E-state index in [1.165, 1.54) is 30.5 Å². The Labute approximate surface area is 223 Å². The Morgan fingerprint density at radius 2 is 1.79 bits per heavy atom. The number of anilines is 1. The number of aliphatic hydroxyl groups is 2. The number of rotatable bonds is 6. The lowest BCUT2D eigenvalue weighted by Crippen LogP contribution is -2.52. The molecule has 0 radical (unpaired) electrons. The summed E-state index contributed by atoms with van der Waals surface area (Å²) in [6.45, 7) is 0. The van der Waals surface area contributed by atoms with Gasteiger partial charge in [0.15, 0.2) is 21.5 Å². The Bertz CT molecular complexity index is 1470. The molecular formula is C27H25ClF2N2O5S. The number of nitrogens with zero attached hydrogens (tertiary/aromatic N) is 1. The topological polar surface area (TPSA) is 117 Å². The normalized spacial score (nSPS) is 25.7. The molecule has 2 aromatic carbocycles. The summed E-state index contributed by atoms with van der Waals surface area (Å²) in [6.07, 6.45) is 3.21. The molecule has 200 valence electrons. The molecule has 3 aromatic rings. The number of hydrogen-bond donors (Lipinski definition) is 3. The van der Waals surface area contributed by atoms with Crippen molar-refractivity contribution in [1.82, 2.24) is 4.98 Å². The van der Waals surface area contributed by atoms with E-state index in [0.29, 0.717) is 18.4 Å². The van der Waals surface area contributed by atoms with E-state index in [1.807, 2.05) is 0 Å². The maximum absolute atomic E-state index is 13.7. The molecule has 2 saturated carbocycles. The number of halogens is 3. The van der Waals surface area contributed by atoms with Crippen LogP contribution in [0.5, 0.6) is 0 Å². The Morgan fingerprint density at radius 3 is 2.42 bits per heavy atom. The van der Waals surface area contributed by atoms with E-state index < -0.39 is 56.2 Å². The summed E-state index contributed by atoms with van der Waals surface area (Å²) >= 11 is 6.28. The summed E-state index contributed by atoms with van der Waals surface area (Å²) in [7, 11) is -4.03. The first-order valence-electron chi connectivity index (χ1n) is 12.1. The molecule has 11 heteroatoms. The highest BCUT2D eigenvalue weighted by Gasteiger charge is 2.59. The van der Waals surface area contributed by atoms with Crippen molar-refractivity contribution < 1.29 is 32.2 Å². The van der Waals surface area contributed by atoms with E-state index in [9.17, 15) is 32.2 Å². The smallest absolute Gasteiger partial charge is 0.255 e. The standard InChI is InChI=1S/C27H25ClF2N2O5S/c28-21-7-3-15(26(34)32-19-6-8-22(29)23(30)13-19)10-24(21)38(36,37)20-11-17-4-5-18(12-20)27(17,35)25(33)16-2-1-9-31-14-16/h1-3,6-10,13-14,17-18,20,25,33,35H,4-5,11-12H2,(H,32,34)/t17-,18?,20?,25?,27?/m0/s1. The second-order valence-electron chi connectivity index (χ2n) is 9.91. The zero-order valence-electron chi connectivity index (χ0n) is 20.0. The van der Waals surface area contributed by atoms with Crippen molar-refractivity contribution in [2.75, 3.05) is 5.32 Å². The fourth-order valence-electron chi connectivity index (χ4n) is 5.87. The molecule has 1 amide bonds. The quantitative estimate of drug-likeness (QED) is 0.401. The minimum Gasteiger partial charge on any atom is -0.386 e. The van der Waals surface area contributed by atoms with Crippen LogP contribution in [0.3, 0.4) is 0 Å². The number of carbonyl (C=O) groups is 1. The van der Waals surface area contributed by atoms with Gasteiger partial charge in [-0.25, -0.2) is 17.2 Å². The molecule has 5 rings (SSSR count). The molecule has 1 heterocycles. The monoisotopic (exact) mass is 562 g/mol. The van der Waals surface area contributed by atoms with Crippen molar-refractivity contribution in [3.8, 4) is 0 Å². The van der Waals surface area contributed by atoms with Gasteiger partial charge in [0.25, 0.3) is 5.91 Å². The van der Waals surface area contributed by atoms with Crippen molar-refractivity contribution in [3.63, 3.8) is 0 Å². The van der Waals surface area contributed by atoms with Gasteiger partial charge in [-0.2, -0.15) is 0 Å². The molecule has 0 saturated heterocycles. The first-order chi connectivity index (χ1) is 18.0. The number of pyridine rings is 1. The molecule has 1 aromatic heterocycles. The molecule has 0 spiro atoms. The fraction of sp³-hybridized carbons (Fsp3) is 0.333. The summed E-state index contributed by atoms with van der Waals surface area (Å²) < 4.78 is 54.2. The summed E-state index contributed by atoms with van der Waals surface area (Å²) in [5.41, 5.74) is -1.04. The average Bonchev–Trinajstić information content (AvgIpc) is 3.06. The lowest BCUT2D eigenvalue weighted by atomic mass is 9.70. The molecular weight excluding hydrogens is 538 g/mol. The predicted octanol–water partition coefficient (Wildman–Crippen LogP) is 4.69. The van der Waals surface area contributed by atoms with Crippen LogP contribution in [0.2, 0.25) is 5.02 Å². The molecule has 2 aliphatic carbocycles. The van der Waals surface area contributed by atoms with E-state index in [0.717, 1.165) is 12.1 Å². The summed E-state index contributed by atoms with van der Waals surface area (Å²) in [4.78, 5) is 16.5. The van der Waals surface area contributed by atoms with Crippen molar-refractivity contribution in [2.45, 2.75) is 47.5 Å². The molecule has 7 nitrogen and oxygen atoms in total. The molecule has 3 N–H and O–H groups in total. The highest BCUT2D eigenvalue weighted by Crippen LogP contribution is 2.56. The number of aliphatic hydroxyl groups excluding tert-OH is 1. The molecule has 0 aliphatic heterocycles. The van der Waals surface area contributed by atoms with Gasteiger partial charge >= 0.3 is 0 Å². The zero-order chi connectivity index (χ0) is 27.2. The van der Waals surface area contributed by atoms with Crippen molar-refractivity contribution in [1.29, 1.82) is 0 Å². The van der Waals surface area contributed by atoms with Gasteiger partial charge in [0.1, 0.15) is 11.7 Å². The minimum atomic E-state index is -4.03. The van der Waals surface area contributed by atoms with Gasteiger partial charge in [0.2, 0.25) is 0 Å². The number of benzene rings is 2. The van der Waals surface area contributed by atoms with Gasteiger partial charge in [-0.1, -0.05) is 17.7 Å². The van der Waals surface area contributed by atoms with Crippen molar-refractivity contribution >= 4 is 33.0 Å². The van der Waals surface area contributed by atoms with Crippen LogP contribution >= 0.6 is 11.6 Å². The third-order valence-corrected chi connectivity index (χ3v) is 10.5. The van der Waals surface area contributed by atoms with E-state index in [-0.39, 0.29) is 34.0 Å². The first-order valence-corrected chi connectivity index (χ1v) is 14.0. The van der Waals surface area contributed by atoms with Gasteiger partial charge in [-0.3, -0.25) is 9.78 Å². The lowest BCUT2D eigenvalue weighted by Gasteiger charge is -2.45. The number of nitrogens with one attached hydrogen (secondary N) is 1. The first kappa shape index (κ1) is 26.7. The Morgan fingerprint density at radius 1 is 1.08 bits per heavy atom. The van der Waals surface area contributed by atoms with Gasteiger partial charge in [0.05, 0.1) is 15.2 Å². The van der Waals surface area contributed by atoms with Crippen LogP contribution in [0.1, 0.15) is 47.7 Å². The van der Waals surface area contributed by atoms with E-state index in [1.54, 1.807) is 18.3 Å². The van der Waals surface area contributed by atoms with Crippen molar-refractivity contribution in [2.24, 2.45) is 11.8 Å². The van der Waals surface area contributed by atoms with Gasteiger partial charge in [-0.05, 0) is 73.9 Å².